The Morgan fingerprint density at radius 3 is 2.83 bits per heavy atom. The second kappa shape index (κ2) is 5.28. The minimum atomic E-state index is -0.889. The molecule has 2 heterocycles. The van der Waals surface area contributed by atoms with Gasteiger partial charge < -0.3 is 0 Å². The van der Waals surface area contributed by atoms with Crippen LogP contribution in [0.5, 0.6) is 0 Å². The first-order valence-corrected chi connectivity index (χ1v) is 8.90. The molecule has 0 radical (unpaired) electrons. The van der Waals surface area contributed by atoms with Crippen LogP contribution in [0.2, 0.25) is 0 Å². The van der Waals surface area contributed by atoms with Gasteiger partial charge in [0.15, 0.2) is 11.6 Å². The zero-order valence-electron chi connectivity index (χ0n) is 12.3. The number of H-pyrrole nitrogens is 1. The SMILES string of the molecule is CSc1c(F)c(F)c2[nH]ncc2c1-c1ccc2nc(C)sc2c1. The van der Waals surface area contributed by atoms with Crippen molar-refractivity contribution in [1.29, 1.82) is 0 Å². The number of thioether (sulfide) groups is 1. The third kappa shape index (κ3) is 2.14. The number of thiazole rings is 1. The number of hydrogen-bond donors (Lipinski definition) is 1. The Morgan fingerprint density at radius 1 is 1.22 bits per heavy atom. The lowest BCUT2D eigenvalue weighted by atomic mass is 10.0. The molecule has 0 aliphatic rings. The highest BCUT2D eigenvalue weighted by Gasteiger charge is 2.22. The van der Waals surface area contributed by atoms with Crippen LogP contribution in [0.1, 0.15) is 5.01 Å². The van der Waals surface area contributed by atoms with Gasteiger partial charge in [-0.2, -0.15) is 5.10 Å². The number of aromatic nitrogens is 3. The van der Waals surface area contributed by atoms with Crippen molar-refractivity contribution < 1.29 is 8.78 Å². The molecule has 0 fully saturated rings. The first-order chi connectivity index (χ1) is 11.1. The third-order valence-electron chi connectivity index (χ3n) is 3.74. The smallest absolute Gasteiger partial charge is 0.185 e. The fraction of sp³-hybridized carbons (Fsp3) is 0.125. The second-order valence-corrected chi connectivity index (χ2v) is 7.16. The van der Waals surface area contributed by atoms with Crippen LogP contribution in [0.3, 0.4) is 0 Å². The molecule has 0 bridgehead atoms. The van der Waals surface area contributed by atoms with Gasteiger partial charge in [0, 0.05) is 10.9 Å². The first kappa shape index (κ1) is 14.6. The lowest BCUT2D eigenvalue weighted by molar-refractivity contribution is 0.499. The van der Waals surface area contributed by atoms with Crippen molar-refractivity contribution in [3.8, 4) is 11.1 Å². The maximum absolute atomic E-state index is 14.4. The van der Waals surface area contributed by atoms with E-state index in [9.17, 15) is 8.78 Å². The van der Waals surface area contributed by atoms with E-state index in [1.54, 1.807) is 17.6 Å². The van der Waals surface area contributed by atoms with E-state index in [0.717, 1.165) is 20.8 Å². The Balaban J connectivity index is 2.09. The van der Waals surface area contributed by atoms with Gasteiger partial charge in [-0.1, -0.05) is 6.07 Å². The molecule has 116 valence electrons. The van der Waals surface area contributed by atoms with Crippen molar-refractivity contribution in [2.45, 2.75) is 11.8 Å². The minimum Gasteiger partial charge on any atom is -0.275 e. The van der Waals surface area contributed by atoms with E-state index in [4.69, 9.17) is 0 Å². The van der Waals surface area contributed by atoms with Gasteiger partial charge in [-0.25, -0.2) is 13.8 Å². The van der Waals surface area contributed by atoms with Gasteiger partial charge >= 0.3 is 0 Å². The van der Waals surface area contributed by atoms with Crippen molar-refractivity contribution >= 4 is 44.2 Å². The van der Waals surface area contributed by atoms with Crippen LogP contribution in [0.4, 0.5) is 8.78 Å². The number of halogens is 2. The molecule has 23 heavy (non-hydrogen) atoms. The molecule has 3 nitrogen and oxygen atoms in total. The maximum Gasteiger partial charge on any atom is 0.185 e. The van der Waals surface area contributed by atoms with Crippen LogP contribution in [0.15, 0.2) is 29.3 Å². The Kier molecular flexibility index (Phi) is 3.35. The Hall–Kier alpha value is -1.99. The molecule has 0 aliphatic heterocycles. The van der Waals surface area contributed by atoms with Gasteiger partial charge in [0.2, 0.25) is 0 Å². The van der Waals surface area contributed by atoms with Gasteiger partial charge in [0.1, 0.15) is 5.52 Å². The average molecular weight is 347 g/mol. The summed E-state index contributed by atoms with van der Waals surface area (Å²) in [6, 6.07) is 5.77. The largest absolute Gasteiger partial charge is 0.275 e. The molecule has 0 saturated heterocycles. The van der Waals surface area contributed by atoms with Crippen molar-refractivity contribution in [3.63, 3.8) is 0 Å². The lowest BCUT2D eigenvalue weighted by Crippen LogP contribution is -1.94. The molecule has 0 atom stereocenters. The number of aryl methyl sites for hydroxylation is 1. The Morgan fingerprint density at radius 2 is 2.04 bits per heavy atom. The fourth-order valence-corrected chi connectivity index (χ4v) is 4.33. The number of benzene rings is 2. The summed E-state index contributed by atoms with van der Waals surface area (Å²) in [5.74, 6) is -1.73. The molecule has 4 rings (SSSR count). The molecule has 7 heteroatoms. The monoisotopic (exact) mass is 347 g/mol. The predicted molar refractivity (Wildman–Crippen MR) is 91.1 cm³/mol. The predicted octanol–water partition coefficient (Wildman–Crippen LogP) is 5.15. The maximum atomic E-state index is 14.4. The number of rotatable bonds is 2. The Bertz CT molecular complexity index is 1050. The van der Waals surface area contributed by atoms with Crippen molar-refractivity contribution in [2.24, 2.45) is 0 Å². The first-order valence-electron chi connectivity index (χ1n) is 6.85. The average Bonchev–Trinajstić information content (AvgIpc) is 3.15. The summed E-state index contributed by atoms with van der Waals surface area (Å²) in [6.07, 6.45) is 3.28. The molecular formula is C16H11F2N3S2. The van der Waals surface area contributed by atoms with E-state index in [1.165, 1.54) is 18.0 Å². The van der Waals surface area contributed by atoms with Crippen molar-refractivity contribution in [3.05, 3.63) is 41.0 Å². The summed E-state index contributed by atoms with van der Waals surface area (Å²) < 4.78 is 29.6. The lowest BCUT2D eigenvalue weighted by Gasteiger charge is -2.11. The summed E-state index contributed by atoms with van der Waals surface area (Å²) >= 11 is 2.77. The van der Waals surface area contributed by atoms with Crippen molar-refractivity contribution in [1.82, 2.24) is 15.2 Å². The van der Waals surface area contributed by atoms with E-state index < -0.39 is 11.6 Å². The van der Waals surface area contributed by atoms with Crippen LogP contribution < -0.4 is 0 Å². The molecule has 1 N–H and O–H groups in total. The topological polar surface area (TPSA) is 41.6 Å². The summed E-state index contributed by atoms with van der Waals surface area (Å²) in [6.45, 7) is 1.95. The normalized spacial score (nSPS) is 11.7. The highest BCUT2D eigenvalue weighted by molar-refractivity contribution is 7.98. The zero-order chi connectivity index (χ0) is 16.1. The molecule has 0 unspecified atom stereocenters. The van der Waals surface area contributed by atoms with Crippen molar-refractivity contribution in [2.75, 3.05) is 6.26 Å². The Labute approximate surface area is 138 Å². The molecule has 2 aromatic heterocycles. The summed E-state index contributed by atoms with van der Waals surface area (Å²) in [5, 5.41) is 7.98. The summed E-state index contributed by atoms with van der Waals surface area (Å²) in [5.41, 5.74) is 2.49. The zero-order valence-corrected chi connectivity index (χ0v) is 13.9. The number of hydrogen-bond acceptors (Lipinski definition) is 4. The van der Waals surface area contributed by atoms with Crippen LogP contribution in [0.25, 0.3) is 32.2 Å². The van der Waals surface area contributed by atoms with Gasteiger partial charge in [-0.15, -0.1) is 23.1 Å². The number of aromatic amines is 1. The highest BCUT2D eigenvalue weighted by Crippen LogP contribution is 2.41. The summed E-state index contributed by atoms with van der Waals surface area (Å²) in [7, 11) is 0. The van der Waals surface area contributed by atoms with E-state index in [0.29, 0.717) is 10.9 Å². The molecule has 4 aromatic rings. The highest BCUT2D eigenvalue weighted by atomic mass is 32.2. The third-order valence-corrected chi connectivity index (χ3v) is 5.46. The van der Waals surface area contributed by atoms with Crippen LogP contribution in [-0.4, -0.2) is 21.4 Å². The van der Waals surface area contributed by atoms with Gasteiger partial charge in [-0.3, -0.25) is 5.10 Å². The fourth-order valence-electron chi connectivity index (χ4n) is 2.76. The quantitative estimate of drug-likeness (QED) is 0.510. The molecule has 0 amide bonds. The number of fused-ring (bicyclic) bond motifs is 2. The standard InChI is InChI=1S/C16H11F2N3S2/c1-7-20-10-4-3-8(5-11(10)23-7)12-9-6-19-21-15(9)13(17)14(18)16(12)22-2/h3-6H,1-2H3,(H,19,21). The van der Waals surface area contributed by atoms with Crippen LogP contribution in [0, 0.1) is 18.6 Å². The molecule has 0 saturated carbocycles. The molecule has 0 spiro atoms. The van der Waals surface area contributed by atoms with E-state index >= 15 is 0 Å². The van der Waals surface area contributed by atoms with Crippen LogP contribution >= 0.6 is 23.1 Å². The second-order valence-electron chi connectivity index (χ2n) is 5.11. The minimum absolute atomic E-state index is 0.0934. The number of nitrogens with zero attached hydrogens (tertiary/aromatic N) is 2. The van der Waals surface area contributed by atoms with Crippen LogP contribution in [-0.2, 0) is 0 Å². The molecule has 0 aliphatic carbocycles. The van der Waals surface area contributed by atoms with E-state index in [-0.39, 0.29) is 10.4 Å². The van der Waals surface area contributed by atoms with Gasteiger partial charge in [0.25, 0.3) is 0 Å². The molecular weight excluding hydrogens is 336 g/mol. The van der Waals surface area contributed by atoms with Gasteiger partial charge in [-0.05, 0) is 30.9 Å². The van der Waals surface area contributed by atoms with Gasteiger partial charge in [0.05, 0.1) is 26.3 Å². The number of nitrogens with one attached hydrogen (secondary N) is 1. The molecule has 2 aromatic carbocycles. The van der Waals surface area contributed by atoms with E-state index in [1.807, 2.05) is 25.1 Å². The summed E-state index contributed by atoms with van der Waals surface area (Å²) in [4.78, 5) is 4.72. The van der Waals surface area contributed by atoms with E-state index in [2.05, 4.69) is 15.2 Å².